The maximum Gasteiger partial charge on any atom is 0.313 e. The Bertz CT molecular complexity index is 230. The Balaban J connectivity index is 2.09. The van der Waals surface area contributed by atoms with Gasteiger partial charge in [-0.1, -0.05) is 26.2 Å². The Kier molecular flexibility index (Phi) is 5.96. The Morgan fingerprint density at radius 3 is 2.47 bits per heavy atom. The molecule has 0 aromatic rings. The molecule has 0 unspecified atom stereocenters. The zero-order valence-corrected chi connectivity index (χ0v) is 11.5. The van der Waals surface area contributed by atoms with E-state index in [-0.39, 0.29) is 12.8 Å². The molecule has 0 aromatic heterocycles. The molecule has 0 aliphatic heterocycles. The fourth-order valence-electron chi connectivity index (χ4n) is 2.00. The first kappa shape index (κ1) is 14.5. The van der Waals surface area contributed by atoms with Crippen LogP contribution < -0.4 is 0 Å². The van der Waals surface area contributed by atoms with Gasteiger partial charge < -0.3 is 9.47 Å². The average Bonchev–Trinajstić information content (AvgIpc) is 2.35. The second-order valence-electron chi connectivity index (χ2n) is 5.66. The Hall–Kier alpha value is -0.570. The van der Waals surface area contributed by atoms with Gasteiger partial charge in [-0.25, -0.2) is 0 Å². The van der Waals surface area contributed by atoms with Crippen LogP contribution in [0.5, 0.6) is 0 Å². The summed E-state index contributed by atoms with van der Waals surface area (Å²) in [6.45, 7) is 6.63. The van der Waals surface area contributed by atoms with Crippen LogP contribution in [0.2, 0.25) is 0 Å². The van der Waals surface area contributed by atoms with Crippen LogP contribution in [0.4, 0.5) is 0 Å². The lowest BCUT2D eigenvalue weighted by Gasteiger charge is -2.23. The van der Waals surface area contributed by atoms with Crippen molar-refractivity contribution in [2.45, 2.75) is 59.3 Å². The van der Waals surface area contributed by atoms with Gasteiger partial charge in [-0.3, -0.25) is 4.79 Å². The molecule has 0 saturated heterocycles. The molecule has 0 spiro atoms. The number of hydrogen-bond acceptors (Lipinski definition) is 3. The molecule has 0 atom stereocenters. The number of ether oxygens (including phenoxy) is 2. The minimum Gasteiger partial charge on any atom is -0.438 e. The van der Waals surface area contributed by atoms with Crippen molar-refractivity contribution in [2.75, 3.05) is 13.4 Å². The highest BCUT2D eigenvalue weighted by molar-refractivity contribution is 5.75. The fraction of sp³-hybridized carbons (Fsp3) is 0.929. The van der Waals surface area contributed by atoms with E-state index in [0.717, 1.165) is 13.0 Å². The zero-order valence-electron chi connectivity index (χ0n) is 11.5. The van der Waals surface area contributed by atoms with Crippen molar-refractivity contribution in [3.63, 3.8) is 0 Å². The molecule has 0 aromatic carbocycles. The molecule has 1 saturated carbocycles. The van der Waals surface area contributed by atoms with Crippen molar-refractivity contribution in [3.8, 4) is 0 Å². The largest absolute Gasteiger partial charge is 0.438 e. The zero-order chi connectivity index (χ0) is 12.7. The van der Waals surface area contributed by atoms with Crippen molar-refractivity contribution in [1.29, 1.82) is 0 Å². The molecule has 0 amide bonds. The Labute approximate surface area is 105 Å². The second kappa shape index (κ2) is 7.00. The van der Waals surface area contributed by atoms with Crippen LogP contribution >= 0.6 is 0 Å². The third-order valence-electron chi connectivity index (χ3n) is 3.79. The normalized spacial score (nSPS) is 18.1. The van der Waals surface area contributed by atoms with Crippen molar-refractivity contribution in [1.82, 2.24) is 0 Å². The molecule has 3 nitrogen and oxygen atoms in total. The highest BCUT2D eigenvalue weighted by Gasteiger charge is 2.27. The van der Waals surface area contributed by atoms with E-state index in [0.29, 0.717) is 5.92 Å². The van der Waals surface area contributed by atoms with Crippen molar-refractivity contribution in [3.05, 3.63) is 0 Å². The van der Waals surface area contributed by atoms with Gasteiger partial charge in [0.2, 0.25) is 0 Å². The highest BCUT2D eigenvalue weighted by atomic mass is 16.7. The van der Waals surface area contributed by atoms with Gasteiger partial charge in [0, 0.05) is 0 Å². The van der Waals surface area contributed by atoms with Gasteiger partial charge in [-0.15, -0.1) is 0 Å². The molecule has 17 heavy (non-hydrogen) atoms. The van der Waals surface area contributed by atoms with Gasteiger partial charge in [-0.05, 0) is 39.0 Å². The predicted octanol–water partition coefficient (Wildman–Crippen LogP) is 3.52. The van der Waals surface area contributed by atoms with E-state index in [1.807, 2.05) is 20.8 Å². The lowest BCUT2D eigenvalue weighted by atomic mass is 9.90. The minimum atomic E-state index is -0.395. The smallest absolute Gasteiger partial charge is 0.313 e. The van der Waals surface area contributed by atoms with E-state index < -0.39 is 5.41 Å². The van der Waals surface area contributed by atoms with Crippen molar-refractivity contribution >= 4 is 5.97 Å². The minimum absolute atomic E-state index is 0.110. The summed E-state index contributed by atoms with van der Waals surface area (Å²) in [5.41, 5.74) is -0.395. The maximum atomic E-state index is 11.6. The molecule has 1 rings (SSSR count). The number of hydrogen-bond donors (Lipinski definition) is 0. The van der Waals surface area contributed by atoms with E-state index in [1.54, 1.807) is 0 Å². The van der Waals surface area contributed by atoms with Crippen molar-refractivity contribution < 1.29 is 14.3 Å². The quantitative estimate of drug-likeness (QED) is 0.406. The monoisotopic (exact) mass is 242 g/mol. The third-order valence-corrected chi connectivity index (χ3v) is 3.79. The number of esters is 1. The van der Waals surface area contributed by atoms with Crippen LogP contribution in [-0.4, -0.2) is 19.4 Å². The summed E-state index contributed by atoms with van der Waals surface area (Å²) in [4.78, 5) is 11.6. The summed E-state index contributed by atoms with van der Waals surface area (Å²) in [5.74, 6) is 0.505. The molecule has 1 aliphatic rings. The Morgan fingerprint density at radius 1 is 1.24 bits per heavy atom. The van der Waals surface area contributed by atoms with Gasteiger partial charge in [0.05, 0.1) is 12.0 Å². The van der Waals surface area contributed by atoms with E-state index in [9.17, 15) is 4.79 Å². The summed E-state index contributed by atoms with van der Waals surface area (Å²) in [5, 5.41) is 0. The predicted molar refractivity (Wildman–Crippen MR) is 67.6 cm³/mol. The molecular formula is C14H26O3. The van der Waals surface area contributed by atoms with Crippen molar-refractivity contribution in [2.24, 2.45) is 11.3 Å². The lowest BCUT2D eigenvalue weighted by Crippen LogP contribution is -2.27. The van der Waals surface area contributed by atoms with E-state index in [1.165, 1.54) is 32.1 Å². The molecule has 1 fully saturated rings. The number of carbonyl (C=O) groups excluding carboxylic acids is 1. The van der Waals surface area contributed by atoms with E-state index in [4.69, 9.17) is 9.47 Å². The highest BCUT2D eigenvalue weighted by Crippen LogP contribution is 2.24. The topological polar surface area (TPSA) is 35.5 Å². The number of rotatable bonds is 6. The molecule has 0 radical (unpaired) electrons. The molecule has 0 heterocycles. The SMILES string of the molecule is CCC(C)(C)C(=O)OCOCC1CCCCC1. The van der Waals surface area contributed by atoms with Gasteiger partial charge in [0.15, 0.2) is 6.79 Å². The second-order valence-corrected chi connectivity index (χ2v) is 5.66. The van der Waals surface area contributed by atoms with Gasteiger partial charge in [0.1, 0.15) is 0 Å². The average molecular weight is 242 g/mol. The number of carbonyl (C=O) groups is 1. The Morgan fingerprint density at radius 2 is 1.88 bits per heavy atom. The third kappa shape index (κ3) is 5.07. The van der Waals surface area contributed by atoms with Gasteiger partial charge in [-0.2, -0.15) is 0 Å². The summed E-state index contributed by atoms with van der Waals surface area (Å²) in [6.07, 6.45) is 7.29. The first-order valence-corrected chi connectivity index (χ1v) is 6.81. The fourth-order valence-corrected chi connectivity index (χ4v) is 2.00. The first-order valence-electron chi connectivity index (χ1n) is 6.81. The van der Waals surface area contributed by atoms with Crippen LogP contribution in [0.1, 0.15) is 59.3 Å². The van der Waals surface area contributed by atoms with Crippen LogP contribution in [0.15, 0.2) is 0 Å². The van der Waals surface area contributed by atoms with Crippen LogP contribution in [-0.2, 0) is 14.3 Å². The molecule has 0 bridgehead atoms. The summed E-state index contributed by atoms with van der Waals surface area (Å²) >= 11 is 0. The van der Waals surface area contributed by atoms with Crippen LogP contribution in [0.25, 0.3) is 0 Å². The van der Waals surface area contributed by atoms with E-state index >= 15 is 0 Å². The molecule has 1 aliphatic carbocycles. The molecule has 3 heteroatoms. The summed E-state index contributed by atoms with van der Waals surface area (Å²) in [6, 6.07) is 0. The van der Waals surface area contributed by atoms with Crippen LogP contribution in [0, 0.1) is 11.3 Å². The lowest BCUT2D eigenvalue weighted by molar-refractivity contribution is -0.168. The molecule has 100 valence electrons. The molecular weight excluding hydrogens is 216 g/mol. The van der Waals surface area contributed by atoms with E-state index in [2.05, 4.69) is 0 Å². The standard InChI is InChI=1S/C14H26O3/c1-4-14(2,3)13(15)17-11-16-10-12-8-6-5-7-9-12/h12H,4-11H2,1-3H3. The molecule has 0 N–H and O–H groups in total. The maximum absolute atomic E-state index is 11.6. The summed E-state index contributed by atoms with van der Waals surface area (Å²) < 4.78 is 10.6. The first-order chi connectivity index (χ1) is 8.06. The van der Waals surface area contributed by atoms with Crippen LogP contribution in [0.3, 0.4) is 0 Å². The van der Waals surface area contributed by atoms with Gasteiger partial charge in [0.25, 0.3) is 0 Å². The van der Waals surface area contributed by atoms with Gasteiger partial charge >= 0.3 is 5.97 Å². The summed E-state index contributed by atoms with van der Waals surface area (Å²) in [7, 11) is 0.